The van der Waals surface area contributed by atoms with Crippen LogP contribution in [0.3, 0.4) is 0 Å². The number of nitrogens with zero attached hydrogens (tertiary/aromatic N) is 1. The van der Waals surface area contributed by atoms with Crippen molar-refractivity contribution in [3.05, 3.63) is 65.7 Å². The summed E-state index contributed by atoms with van der Waals surface area (Å²) < 4.78 is 5.14. The smallest absolute Gasteiger partial charge is 0.328 e. The molecule has 1 unspecified atom stereocenters. The zero-order valence-electron chi connectivity index (χ0n) is 17.1. The van der Waals surface area contributed by atoms with Crippen molar-refractivity contribution in [1.82, 2.24) is 5.32 Å². The quantitative estimate of drug-likeness (QED) is 0.670. The van der Waals surface area contributed by atoms with Gasteiger partial charge in [-0.25, -0.2) is 4.79 Å². The fraction of sp³-hybridized carbons (Fsp3) is 0.391. The maximum Gasteiger partial charge on any atom is 0.328 e. The van der Waals surface area contributed by atoms with Crippen molar-refractivity contribution >= 4 is 17.6 Å². The fourth-order valence-corrected chi connectivity index (χ4v) is 3.18. The van der Waals surface area contributed by atoms with Gasteiger partial charge in [-0.2, -0.15) is 0 Å². The van der Waals surface area contributed by atoms with E-state index in [0.29, 0.717) is 18.0 Å². The Labute approximate surface area is 167 Å². The summed E-state index contributed by atoms with van der Waals surface area (Å²) in [5.41, 5.74) is 2.55. The summed E-state index contributed by atoms with van der Waals surface area (Å²) in [6, 6.07) is 16.7. The molecule has 0 aromatic heterocycles. The highest BCUT2D eigenvalue weighted by molar-refractivity contribution is 5.97. The first-order valence-corrected chi connectivity index (χ1v) is 9.84. The predicted molar refractivity (Wildman–Crippen MR) is 113 cm³/mol. The van der Waals surface area contributed by atoms with E-state index < -0.39 is 12.0 Å². The highest BCUT2D eigenvalue weighted by atomic mass is 16.5. The number of anilines is 1. The van der Waals surface area contributed by atoms with Gasteiger partial charge in [0.15, 0.2) is 0 Å². The topological polar surface area (TPSA) is 58.6 Å². The van der Waals surface area contributed by atoms with Crippen LogP contribution in [0, 0.1) is 0 Å². The highest BCUT2D eigenvalue weighted by Crippen LogP contribution is 2.18. The zero-order valence-corrected chi connectivity index (χ0v) is 17.1. The monoisotopic (exact) mass is 382 g/mol. The first-order valence-electron chi connectivity index (χ1n) is 9.84. The second-order valence-electron chi connectivity index (χ2n) is 6.89. The molecule has 0 radical (unpaired) electrons. The van der Waals surface area contributed by atoms with Crippen LogP contribution < -0.4 is 10.2 Å². The number of ether oxygens (including phenoxy) is 1. The third-order valence-corrected chi connectivity index (χ3v) is 4.58. The lowest BCUT2D eigenvalue weighted by molar-refractivity contribution is -0.145. The zero-order chi connectivity index (χ0) is 20.5. The number of benzene rings is 2. The number of nitrogens with one attached hydrogen (secondary N) is 1. The highest BCUT2D eigenvalue weighted by Gasteiger charge is 2.23. The van der Waals surface area contributed by atoms with Gasteiger partial charge in [0.25, 0.3) is 5.91 Å². The Balaban J connectivity index is 2.12. The minimum atomic E-state index is -0.725. The van der Waals surface area contributed by atoms with Crippen LogP contribution in [0.25, 0.3) is 0 Å². The molecular formula is C23H30N2O3. The van der Waals surface area contributed by atoms with Crippen molar-refractivity contribution in [3.63, 3.8) is 0 Å². The molecule has 0 fully saturated rings. The van der Waals surface area contributed by atoms with Crippen LogP contribution >= 0.6 is 0 Å². The number of amides is 1. The molecule has 0 heterocycles. The Morgan fingerprint density at radius 2 is 1.64 bits per heavy atom. The minimum Gasteiger partial charge on any atom is -0.464 e. The van der Waals surface area contributed by atoms with E-state index in [1.807, 2.05) is 42.5 Å². The first kappa shape index (κ1) is 21.5. The second kappa shape index (κ2) is 10.5. The normalized spacial score (nSPS) is 11.8. The molecule has 150 valence electrons. The van der Waals surface area contributed by atoms with Gasteiger partial charge in [-0.05, 0) is 57.5 Å². The second-order valence-corrected chi connectivity index (χ2v) is 6.89. The molecule has 28 heavy (non-hydrogen) atoms. The average molecular weight is 383 g/mol. The maximum atomic E-state index is 12.7. The van der Waals surface area contributed by atoms with Crippen LogP contribution in [-0.4, -0.2) is 37.1 Å². The van der Waals surface area contributed by atoms with Gasteiger partial charge in [-0.3, -0.25) is 4.79 Å². The number of carbonyl (C=O) groups is 2. The van der Waals surface area contributed by atoms with Crippen LogP contribution in [0.4, 0.5) is 5.69 Å². The largest absolute Gasteiger partial charge is 0.464 e. The third kappa shape index (κ3) is 5.84. The standard InChI is InChI=1S/C23H30N2O3/c1-5-25(17(3)4)20-14-12-19(13-15-20)22(26)24-21(23(27)28-6-2)16-18-10-8-7-9-11-18/h7-15,17,21H,5-6,16H2,1-4H3,(H,24,26). The van der Waals surface area contributed by atoms with Gasteiger partial charge in [0.05, 0.1) is 6.61 Å². The third-order valence-electron chi connectivity index (χ3n) is 4.58. The van der Waals surface area contributed by atoms with Crippen molar-refractivity contribution < 1.29 is 14.3 Å². The van der Waals surface area contributed by atoms with Crippen LogP contribution in [0.15, 0.2) is 54.6 Å². The first-order chi connectivity index (χ1) is 13.5. The fourth-order valence-electron chi connectivity index (χ4n) is 3.18. The number of hydrogen-bond acceptors (Lipinski definition) is 4. The molecule has 0 bridgehead atoms. The molecule has 0 saturated carbocycles. The van der Waals surface area contributed by atoms with E-state index >= 15 is 0 Å². The summed E-state index contributed by atoms with van der Waals surface area (Å²) in [5, 5.41) is 2.82. The Morgan fingerprint density at radius 3 is 2.18 bits per heavy atom. The SMILES string of the molecule is CCOC(=O)C(Cc1ccccc1)NC(=O)c1ccc(N(CC)C(C)C)cc1. The number of esters is 1. The molecule has 0 saturated heterocycles. The molecule has 0 aliphatic carbocycles. The molecule has 0 aliphatic heterocycles. The van der Waals surface area contributed by atoms with E-state index in [-0.39, 0.29) is 12.5 Å². The van der Waals surface area contributed by atoms with Crippen molar-refractivity contribution in [2.24, 2.45) is 0 Å². The Bertz CT molecular complexity index is 757. The maximum absolute atomic E-state index is 12.7. The Morgan fingerprint density at radius 1 is 1.00 bits per heavy atom. The van der Waals surface area contributed by atoms with Gasteiger partial charge in [-0.1, -0.05) is 30.3 Å². The molecule has 1 amide bonds. The summed E-state index contributed by atoms with van der Waals surface area (Å²) >= 11 is 0. The van der Waals surface area contributed by atoms with E-state index in [9.17, 15) is 9.59 Å². The van der Waals surface area contributed by atoms with Gasteiger partial charge < -0.3 is 15.0 Å². The lowest BCUT2D eigenvalue weighted by atomic mass is 10.1. The van der Waals surface area contributed by atoms with E-state index in [1.165, 1.54) is 0 Å². The number of rotatable bonds is 9. The van der Waals surface area contributed by atoms with Gasteiger partial charge in [0.2, 0.25) is 0 Å². The summed E-state index contributed by atoms with van der Waals surface area (Å²) in [6.07, 6.45) is 0.389. The van der Waals surface area contributed by atoms with Crippen molar-refractivity contribution in [1.29, 1.82) is 0 Å². The average Bonchev–Trinajstić information content (AvgIpc) is 2.69. The number of carbonyl (C=O) groups excluding carboxylic acids is 2. The van der Waals surface area contributed by atoms with Crippen LogP contribution in [0.2, 0.25) is 0 Å². The Kier molecular flexibility index (Phi) is 8.05. The molecule has 0 spiro atoms. The summed E-state index contributed by atoms with van der Waals surface area (Å²) in [7, 11) is 0. The van der Waals surface area contributed by atoms with Crippen molar-refractivity contribution in [2.75, 3.05) is 18.1 Å². The van der Waals surface area contributed by atoms with E-state index in [0.717, 1.165) is 17.8 Å². The molecule has 1 N–H and O–H groups in total. The van der Waals surface area contributed by atoms with E-state index in [1.54, 1.807) is 19.1 Å². The predicted octanol–water partition coefficient (Wildman–Crippen LogP) is 3.83. The van der Waals surface area contributed by atoms with Crippen LogP contribution in [0.1, 0.15) is 43.6 Å². The van der Waals surface area contributed by atoms with E-state index in [2.05, 4.69) is 31.0 Å². The summed E-state index contributed by atoms with van der Waals surface area (Å²) in [5.74, 6) is -0.707. The van der Waals surface area contributed by atoms with Gasteiger partial charge in [-0.15, -0.1) is 0 Å². The van der Waals surface area contributed by atoms with Gasteiger partial charge in [0.1, 0.15) is 6.04 Å². The molecule has 1 atom stereocenters. The molecular weight excluding hydrogens is 352 g/mol. The minimum absolute atomic E-state index is 0.275. The van der Waals surface area contributed by atoms with Gasteiger partial charge in [0, 0.05) is 30.3 Å². The molecule has 5 nitrogen and oxygen atoms in total. The Hall–Kier alpha value is -2.82. The molecule has 2 aromatic carbocycles. The van der Waals surface area contributed by atoms with Crippen molar-refractivity contribution in [3.8, 4) is 0 Å². The lowest BCUT2D eigenvalue weighted by Crippen LogP contribution is -2.43. The van der Waals surface area contributed by atoms with Gasteiger partial charge >= 0.3 is 5.97 Å². The van der Waals surface area contributed by atoms with E-state index in [4.69, 9.17) is 4.74 Å². The summed E-state index contributed by atoms with van der Waals surface area (Å²) in [4.78, 5) is 27.3. The lowest BCUT2D eigenvalue weighted by Gasteiger charge is -2.27. The molecule has 0 aliphatic rings. The molecule has 2 rings (SSSR count). The summed E-state index contributed by atoms with van der Waals surface area (Å²) in [6.45, 7) is 9.30. The molecule has 2 aromatic rings. The van der Waals surface area contributed by atoms with Crippen LogP contribution in [0.5, 0.6) is 0 Å². The van der Waals surface area contributed by atoms with Crippen molar-refractivity contribution in [2.45, 2.75) is 46.2 Å². The van der Waals surface area contributed by atoms with Crippen LogP contribution in [-0.2, 0) is 16.0 Å². The molecule has 5 heteroatoms. The number of hydrogen-bond donors (Lipinski definition) is 1.